The largest absolute Gasteiger partial charge is 0.542 e. The maximum Gasteiger partial charge on any atom is 0.430 e. The maximum absolute atomic E-state index is 10.5. The molecule has 0 saturated carbocycles. The summed E-state index contributed by atoms with van der Waals surface area (Å²) < 4.78 is 31.5. The minimum Gasteiger partial charge on any atom is -0.542 e. The van der Waals surface area contributed by atoms with Crippen LogP contribution in [0.5, 0.6) is 0 Å². The molecule has 0 atom stereocenters. The van der Waals surface area contributed by atoms with Crippen molar-refractivity contribution in [1.29, 1.82) is 0 Å². The molecule has 0 spiro atoms. The third-order valence-electron chi connectivity index (χ3n) is 6.56. The summed E-state index contributed by atoms with van der Waals surface area (Å²) in [5.74, 6) is -3.01. The molecule has 0 N–H and O–H groups in total. The fourth-order valence-electron chi connectivity index (χ4n) is 4.53. The average molecular weight is 545 g/mol. The molecule has 0 radical (unpaired) electrons. The summed E-state index contributed by atoms with van der Waals surface area (Å²) in [6, 6.07) is 21.2. The van der Waals surface area contributed by atoms with Crippen molar-refractivity contribution in [2.45, 2.75) is 101 Å². The van der Waals surface area contributed by atoms with Crippen molar-refractivity contribution >= 4 is 16.9 Å². The molecule has 0 amide bonds. The van der Waals surface area contributed by atoms with Gasteiger partial charge in [-0.15, -0.1) is 0 Å². The maximum atomic E-state index is 10.5. The molecule has 0 saturated heterocycles. The summed E-state index contributed by atoms with van der Waals surface area (Å²) in [5, 5.41) is 8.78. The van der Waals surface area contributed by atoms with Gasteiger partial charge in [0.05, 0.1) is 0 Å². The van der Waals surface area contributed by atoms with Crippen molar-refractivity contribution in [2.24, 2.45) is 0 Å². The number of hydrogen-bond acceptors (Lipinski definition) is 2. The highest BCUT2D eigenvalue weighted by Crippen LogP contribution is 2.41. The van der Waals surface area contributed by atoms with E-state index in [9.17, 15) is 13.2 Å². The quantitative estimate of drug-likeness (QED) is 0.263. The number of carboxylic acids is 1. The molecule has 0 aromatic heterocycles. The molecule has 0 heterocycles. The van der Waals surface area contributed by atoms with Crippen molar-refractivity contribution in [2.75, 3.05) is 0 Å². The molecule has 0 aliphatic carbocycles. The van der Waals surface area contributed by atoms with Gasteiger partial charge in [-0.1, -0.05) is 84.0 Å². The lowest BCUT2D eigenvalue weighted by atomic mass is 10.0. The van der Waals surface area contributed by atoms with Crippen molar-refractivity contribution in [1.82, 2.24) is 0 Å². The minimum atomic E-state index is -5.19. The first kappa shape index (κ1) is 31.5. The monoisotopic (exact) mass is 544 g/mol. The molecule has 3 aromatic rings. The Kier molecular flexibility index (Phi) is 12.0. The van der Waals surface area contributed by atoms with Crippen LogP contribution in [0.25, 0.3) is 0 Å². The van der Waals surface area contributed by atoms with Crippen LogP contribution >= 0.6 is 0 Å². The van der Waals surface area contributed by atoms with Crippen LogP contribution in [-0.4, -0.2) is 12.1 Å². The van der Waals surface area contributed by atoms with E-state index in [0.717, 1.165) is 38.5 Å². The highest BCUT2D eigenvalue weighted by Gasteiger charge is 2.37. The number of halogens is 3. The van der Waals surface area contributed by atoms with Gasteiger partial charge < -0.3 is 9.90 Å². The molecular formula is C32H39F3O2S. The van der Waals surface area contributed by atoms with Crippen molar-refractivity contribution in [3.05, 3.63) is 88.0 Å². The molecule has 0 fully saturated rings. The zero-order valence-corrected chi connectivity index (χ0v) is 24.1. The predicted molar refractivity (Wildman–Crippen MR) is 149 cm³/mol. The van der Waals surface area contributed by atoms with E-state index in [0.29, 0.717) is 0 Å². The topological polar surface area (TPSA) is 40.1 Å². The van der Waals surface area contributed by atoms with E-state index in [1.165, 1.54) is 38.3 Å². The Bertz CT molecular complexity index is 1090. The van der Waals surface area contributed by atoms with Gasteiger partial charge >= 0.3 is 6.18 Å². The number of aliphatic carboxylic acids is 1. The number of benzene rings is 3. The summed E-state index contributed by atoms with van der Waals surface area (Å²) in [4.78, 5) is 13.4. The zero-order valence-electron chi connectivity index (χ0n) is 23.3. The third-order valence-corrected chi connectivity index (χ3v) is 9.17. The Morgan fingerprint density at radius 1 is 0.658 bits per heavy atom. The summed E-state index contributed by atoms with van der Waals surface area (Å²) in [5.41, 5.74) is 9.09. The minimum absolute atomic E-state index is 0.0809. The molecule has 0 aliphatic rings. The first-order chi connectivity index (χ1) is 18.1. The zero-order chi connectivity index (χ0) is 28.5. The molecule has 6 heteroatoms. The smallest absolute Gasteiger partial charge is 0.430 e. The van der Waals surface area contributed by atoms with Gasteiger partial charge in [0.15, 0.2) is 14.7 Å². The number of carbonyl (C=O) groups is 1. The number of rotatable bonds is 9. The first-order valence-corrected chi connectivity index (χ1v) is 14.6. The molecule has 3 rings (SSSR count). The third kappa shape index (κ3) is 7.66. The lowest BCUT2D eigenvalue weighted by Gasteiger charge is -2.20. The summed E-state index contributed by atoms with van der Waals surface area (Å²) in [6.45, 7) is 13.9. The SMILES string of the molecule is CCc1cc(CC)c([S+](c2ccccc2)c2c(CC)cc(CC)cc2CC)c(CC)c1.O=C([O-])C(F)(F)F. The van der Waals surface area contributed by atoms with E-state index in [4.69, 9.17) is 9.90 Å². The molecule has 0 unspecified atom stereocenters. The van der Waals surface area contributed by atoms with Crippen LogP contribution in [0, 0.1) is 0 Å². The number of carboxylic acid groups (broad SMARTS) is 1. The lowest BCUT2D eigenvalue weighted by Crippen LogP contribution is -2.37. The Hall–Kier alpha value is -2.73. The normalized spacial score (nSPS) is 11.3. The van der Waals surface area contributed by atoms with Crippen LogP contribution in [-0.2, 0) is 54.2 Å². The standard InChI is InChI=1S/C30H39S.C2HF3O2/c1-7-22-18-24(9-3)29(25(10-4)19-22)31(28-16-14-13-15-17-28)30-26(11-5)20-23(8-2)21-27(30)12-6;3-2(4,5)1(6)7/h13-21H,7-12H2,1-6H3;(H,6,7)/q+1;/p-1. The van der Waals surface area contributed by atoms with Crippen LogP contribution in [0.15, 0.2) is 69.3 Å². The molecule has 0 aliphatic heterocycles. The summed E-state index contributed by atoms with van der Waals surface area (Å²) >= 11 is 0. The Labute approximate surface area is 228 Å². The Morgan fingerprint density at radius 3 is 1.21 bits per heavy atom. The fourth-order valence-corrected chi connectivity index (χ4v) is 7.50. The van der Waals surface area contributed by atoms with E-state index in [1.54, 1.807) is 9.79 Å². The second kappa shape index (κ2) is 14.4. The number of aryl methyl sites for hydroxylation is 6. The van der Waals surface area contributed by atoms with E-state index in [2.05, 4.69) is 96.1 Å². The van der Waals surface area contributed by atoms with Gasteiger partial charge in [-0.05, 0) is 61.8 Å². The van der Waals surface area contributed by atoms with Gasteiger partial charge in [0.25, 0.3) is 0 Å². The summed E-state index contributed by atoms with van der Waals surface area (Å²) in [7, 11) is -0.0809. The molecule has 206 valence electrons. The van der Waals surface area contributed by atoms with E-state index in [1.807, 2.05) is 0 Å². The van der Waals surface area contributed by atoms with Gasteiger partial charge in [-0.25, -0.2) is 0 Å². The fraction of sp³-hybridized carbons (Fsp3) is 0.406. The van der Waals surface area contributed by atoms with Crippen molar-refractivity contribution in [3.63, 3.8) is 0 Å². The first-order valence-electron chi connectivity index (χ1n) is 13.4. The van der Waals surface area contributed by atoms with E-state index in [-0.39, 0.29) is 10.9 Å². The Morgan fingerprint density at radius 2 is 0.974 bits per heavy atom. The average Bonchev–Trinajstić information content (AvgIpc) is 2.93. The second-order valence-corrected chi connectivity index (χ2v) is 10.9. The van der Waals surface area contributed by atoms with Crippen LogP contribution in [0.1, 0.15) is 74.9 Å². The summed E-state index contributed by atoms with van der Waals surface area (Å²) in [6.07, 6.45) is 1.35. The van der Waals surface area contributed by atoms with Crippen LogP contribution in [0.2, 0.25) is 0 Å². The van der Waals surface area contributed by atoms with Gasteiger partial charge in [-0.3, -0.25) is 0 Å². The number of alkyl halides is 3. The Balaban J connectivity index is 0.000000638. The molecule has 2 nitrogen and oxygen atoms in total. The van der Waals surface area contributed by atoms with Gasteiger partial charge in [-0.2, -0.15) is 13.2 Å². The number of carbonyl (C=O) groups excluding carboxylic acids is 1. The van der Waals surface area contributed by atoms with Crippen LogP contribution in [0.4, 0.5) is 13.2 Å². The molecule has 0 bridgehead atoms. The lowest BCUT2D eigenvalue weighted by molar-refractivity contribution is -0.344. The van der Waals surface area contributed by atoms with Crippen molar-refractivity contribution in [3.8, 4) is 0 Å². The van der Waals surface area contributed by atoms with Gasteiger partial charge in [0, 0.05) is 22.3 Å². The molecular weight excluding hydrogens is 505 g/mol. The van der Waals surface area contributed by atoms with E-state index >= 15 is 0 Å². The molecule has 38 heavy (non-hydrogen) atoms. The number of hydrogen-bond donors (Lipinski definition) is 0. The van der Waals surface area contributed by atoms with Crippen molar-refractivity contribution < 1.29 is 23.1 Å². The predicted octanol–water partition coefficient (Wildman–Crippen LogP) is 7.46. The van der Waals surface area contributed by atoms with Gasteiger partial charge in [0.2, 0.25) is 0 Å². The van der Waals surface area contributed by atoms with E-state index < -0.39 is 12.1 Å². The highest BCUT2D eigenvalue weighted by molar-refractivity contribution is 7.97. The highest BCUT2D eigenvalue weighted by atomic mass is 32.2. The molecule has 3 aromatic carbocycles. The second-order valence-electron chi connectivity index (χ2n) is 9.01. The van der Waals surface area contributed by atoms with Crippen LogP contribution < -0.4 is 5.11 Å². The van der Waals surface area contributed by atoms with Crippen LogP contribution in [0.3, 0.4) is 0 Å². The van der Waals surface area contributed by atoms with Gasteiger partial charge in [0.1, 0.15) is 16.9 Å².